The fourth-order valence-corrected chi connectivity index (χ4v) is 3.90. The summed E-state index contributed by atoms with van der Waals surface area (Å²) < 4.78 is 40.8. The molecule has 0 unspecified atom stereocenters. The van der Waals surface area contributed by atoms with E-state index in [1.165, 1.54) is 24.5 Å². The van der Waals surface area contributed by atoms with Gasteiger partial charge in [0.1, 0.15) is 0 Å². The van der Waals surface area contributed by atoms with Crippen LogP contribution < -0.4 is 10.6 Å². The van der Waals surface area contributed by atoms with E-state index >= 15 is 0 Å². The lowest BCUT2D eigenvalue weighted by Crippen LogP contribution is -2.21. The van der Waals surface area contributed by atoms with Crippen LogP contribution in [-0.2, 0) is 11.6 Å². The number of H-pyrrole nitrogens is 1. The first-order valence-electron chi connectivity index (χ1n) is 9.37. The lowest BCUT2D eigenvalue weighted by Gasteiger charge is -2.17. The van der Waals surface area contributed by atoms with Gasteiger partial charge in [0, 0.05) is 44.5 Å². The molecule has 0 radical (unpaired) electrons. The second kappa shape index (κ2) is 8.62. The number of nitrogens with one attached hydrogen (secondary N) is 3. The highest BCUT2D eigenvalue weighted by Crippen LogP contribution is 2.40. The van der Waals surface area contributed by atoms with Gasteiger partial charge in [-0.05, 0) is 37.3 Å². The molecule has 2 heterocycles. The molecule has 0 aliphatic heterocycles. The molecule has 3 rings (SSSR count). The number of halogens is 3. The van der Waals surface area contributed by atoms with Gasteiger partial charge in [-0.3, -0.25) is 15.4 Å². The third-order valence-corrected chi connectivity index (χ3v) is 5.50. The Morgan fingerprint density at radius 2 is 1.74 bits per heavy atom. The van der Waals surface area contributed by atoms with Crippen molar-refractivity contribution in [2.24, 2.45) is 0 Å². The molecule has 0 spiro atoms. The predicted molar refractivity (Wildman–Crippen MR) is 114 cm³/mol. The molecule has 164 valence electrons. The van der Waals surface area contributed by atoms with Gasteiger partial charge in [0.25, 0.3) is 0 Å². The van der Waals surface area contributed by atoms with E-state index in [1.54, 1.807) is 12.1 Å². The number of rotatable bonds is 4. The topological polar surface area (TPSA) is 82.7 Å². The monoisotopic (exact) mass is 449 g/mol. The Balaban J connectivity index is 1.79. The number of amides is 2. The summed E-state index contributed by atoms with van der Waals surface area (Å²) in [5.74, 6) is 0.323. The quantitative estimate of drug-likeness (QED) is 0.441. The predicted octanol–water partition coefficient (Wildman–Crippen LogP) is 6.22. The number of urea groups is 1. The van der Waals surface area contributed by atoms with Crippen molar-refractivity contribution < 1.29 is 18.0 Å². The SMILES string of the molecule is Cc1c(NC(=O)Nc2ccc(Sc3ccncc3)c(C(F)(F)F)c2)n[nH]c1C(C)(C)C. The van der Waals surface area contributed by atoms with Crippen LogP contribution >= 0.6 is 11.8 Å². The zero-order valence-electron chi connectivity index (χ0n) is 17.4. The molecule has 2 amide bonds. The van der Waals surface area contributed by atoms with Gasteiger partial charge in [-0.2, -0.15) is 18.3 Å². The third-order valence-electron chi connectivity index (χ3n) is 4.41. The zero-order valence-corrected chi connectivity index (χ0v) is 18.2. The molecule has 0 saturated heterocycles. The summed E-state index contributed by atoms with van der Waals surface area (Å²) in [4.78, 5) is 16.9. The van der Waals surface area contributed by atoms with E-state index in [0.29, 0.717) is 10.7 Å². The van der Waals surface area contributed by atoms with E-state index in [-0.39, 0.29) is 16.0 Å². The number of aromatic amines is 1. The van der Waals surface area contributed by atoms with Gasteiger partial charge in [-0.15, -0.1) is 0 Å². The van der Waals surface area contributed by atoms with Crippen molar-refractivity contribution >= 4 is 29.3 Å². The smallest absolute Gasteiger partial charge is 0.308 e. The summed E-state index contributed by atoms with van der Waals surface area (Å²) in [6.45, 7) is 7.82. The molecule has 0 bridgehead atoms. The number of nitrogens with zero attached hydrogens (tertiary/aromatic N) is 2. The Kier molecular flexibility index (Phi) is 6.30. The van der Waals surface area contributed by atoms with Gasteiger partial charge in [0.2, 0.25) is 0 Å². The van der Waals surface area contributed by atoms with Crippen LogP contribution in [-0.4, -0.2) is 21.2 Å². The van der Waals surface area contributed by atoms with Gasteiger partial charge >= 0.3 is 12.2 Å². The number of carbonyl (C=O) groups excluding carboxylic acids is 1. The molecule has 6 nitrogen and oxygen atoms in total. The highest BCUT2D eigenvalue weighted by molar-refractivity contribution is 7.99. The Hall–Kier alpha value is -3.01. The summed E-state index contributed by atoms with van der Waals surface area (Å²) in [5, 5.41) is 12.0. The van der Waals surface area contributed by atoms with Crippen molar-refractivity contribution in [3.63, 3.8) is 0 Å². The number of anilines is 2. The minimum absolute atomic E-state index is 0.0214. The Bertz CT molecular complexity index is 1070. The average Bonchev–Trinajstić information content (AvgIpc) is 3.03. The number of pyridine rings is 1. The first-order chi connectivity index (χ1) is 14.4. The maximum absolute atomic E-state index is 13.6. The Labute approximate surface area is 182 Å². The first-order valence-corrected chi connectivity index (χ1v) is 10.2. The molecule has 10 heteroatoms. The van der Waals surface area contributed by atoms with E-state index in [4.69, 9.17) is 0 Å². The lowest BCUT2D eigenvalue weighted by molar-refractivity contribution is -0.139. The third kappa shape index (κ3) is 5.57. The summed E-state index contributed by atoms with van der Waals surface area (Å²) in [6.07, 6.45) is -1.56. The van der Waals surface area contributed by atoms with Crippen LogP contribution in [0.5, 0.6) is 0 Å². The molecule has 0 atom stereocenters. The minimum Gasteiger partial charge on any atom is -0.308 e. The van der Waals surface area contributed by atoms with Crippen LogP contribution in [0.4, 0.5) is 29.5 Å². The molecule has 0 aliphatic rings. The van der Waals surface area contributed by atoms with E-state index < -0.39 is 17.8 Å². The number of hydrogen-bond donors (Lipinski definition) is 3. The number of hydrogen-bond acceptors (Lipinski definition) is 4. The van der Waals surface area contributed by atoms with Gasteiger partial charge < -0.3 is 5.32 Å². The number of alkyl halides is 3. The van der Waals surface area contributed by atoms with E-state index in [0.717, 1.165) is 29.1 Å². The molecule has 3 N–H and O–H groups in total. The molecule has 0 saturated carbocycles. The maximum atomic E-state index is 13.6. The number of carbonyl (C=O) groups is 1. The minimum atomic E-state index is -4.58. The van der Waals surface area contributed by atoms with Crippen LogP contribution in [0.1, 0.15) is 37.6 Å². The summed E-state index contributed by atoms with van der Waals surface area (Å²) >= 11 is 0.976. The average molecular weight is 450 g/mol. The van der Waals surface area contributed by atoms with Crippen LogP contribution in [0.2, 0.25) is 0 Å². The number of aromatic nitrogens is 3. The normalized spacial score (nSPS) is 12.0. The second-order valence-electron chi connectivity index (χ2n) is 7.90. The largest absolute Gasteiger partial charge is 0.417 e. The van der Waals surface area contributed by atoms with Crippen molar-refractivity contribution in [1.29, 1.82) is 0 Å². The molecule has 0 fully saturated rings. The summed E-state index contributed by atoms with van der Waals surface area (Å²) in [7, 11) is 0. The summed E-state index contributed by atoms with van der Waals surface area (Å²) in [5.41, 5.74) is 0.617. The highest BCUT2D eigenvalue weighted by atomic mass is 32.2. The molecule has 1 aromatic carbocycles. The van der Waals surface area contributed by atoms with Crippen LogP contribution in [0.3, 0.4) is 0 Å². The van der Waals surface area contributed by atoms with Gasteiger partial charge in [0.15, 0.2) is 5.82 Å². The van der Waals surface area contributed by atoms with Crippen molar-refractivity contribution in [3.8, 4) is 0 Å². The fourth-order valence-electron chi connectivity index (χ4n) is 2.97. The van der Waals surface area contributed by atoms with Gasteiger partial charge in [-0.25, -0.2) is 4.79 Å². The van der Waals surface area contributed by atoms with Crippen molar-refractivity contribution in [1.82, 2.24) is 15.2 Å². The second-order valence-corrected chi connectivity index (χ2v) is 9.01. The molecule has 3 aromatic rings. The zero-order chi connectivity index (χ0) is 22.8. The molecule has 31 heavy (non-hydrogen) atoms. The van der Waals surface area contributed by atoms with E-state index in [1.807, 2.05) is 27.7 Å². The molecular formula is C21H22F3N5OS. The Morgan fingerprint density at radius 1 is 1.06 bits per heavy atom. The van der Waals surface area contributed by atoms with Crippen molar-refractivity contribution in [2.45, 2.75) is 49.1 Å². The maximum Gasteiger partial charge on any atom is 0.417 e. The van der Waals surface area contributed by atoms with Crippen LogP contribution in [0.25, 0.3) is 0 Å². The van der Waals surface area contributed by atoms with Crippen molar-refractivity contribution in [3.05, 3.63) is 59.5 Å². The van der Waals surface area contributed by atoms with Crippen LogP contribution in [0.15, 0.2) is 52.5 Å². The molecule has 2 aromatic heterocycles. The molecule has 0 aliphatic carbocycles. The summed E-state index contributed by atoms with van der Waals surface area (Å²) in [6, 6.07) is 6.25. The Morgan fingerprint density at radius 3 is 2.32 bits per heavy atom. The standard InChI is InChI=1S/C21H22F3N5OS/c1-12-17(20(2,3)4)28-29-18(12)27-19(30)26-13-5-6-16(15(11-13)21(22,23)24)31-14-7-9-25-10-8-14/h5-11H,1-4H3,(H3,26,27,28,29,30). The fraction of sp³-hybridized carbons (Fsp3) is 0.286. The van der Waals surface area contributed by atoms with Crippen molar-refractivity contribution in [2.75, 3.05) is 10.6 Å². The highest BCUT2D eigenvalue weighted by Gasteiger charge is 2.34. The lowest BCUT2D eigenvalue weighted by atomic mass is 9.90. The van der Waals surface area contributed by atoms with Crippen LogP contribution in [0, 0.1) is 6.92 Å². The molecular weight excluding hydrogens is 427 g/mol. The van der Waals surface area contributed by atoms with Gasteiger partial charge in [-0.1, -0.05) is 32.5 Å². The van der Waals surface area contributed by atoms with E-state index in [2.05, 4.69) is 25.8 Å². The van der Waals surface area contributed by atoms with E-state index in [9.17, 15) is 18.0 Å². The van der Waals surface area contributed by atoms with Gasteiger partial charge in [0.05, 0.1) is 5.56 Å². The number of benzene rings is 1. The first kappa shape index (κ1) is 22.7.